The first-order valence-electron chi connectivity index (χ1n) is 9.76. The number of anilines is 1. The maximum Gasteiger partial charge on any atom is 0.232 e. The number of hydrogen-bond acceptors (Lipinski definition) is 5. The minimum atomic E-state index is -3.51. The van der Waals surface area contributed by atoms with Crippen molar-refractivity contribution in [1.82, 2.24) is 14.6 Å². The molecule has 0 aliphatic carbocycles. The topological polar surface area (TPSA) is 85.6 Å². The maximum atomic E-state index is 14.2. The summed E-state index contributed by atoms with van der Waals surface area (Å²) in [4.78, 5) is 0. The number of ether oxygens (including phenoxy) is 1. The maximum absolute atomic E-state index is 14.2. The molecule has 166 valence electrons. The van der Waals surface area contributed by atoms with E-state index >= 15 is 0 Å². The summed E-state index contributed by atoms with van der Waals surface area (Å²) in [5, 5.41) is 8.23. The van der Waals surface area contributed by atoms with Gasteiger partial charge in [-0.25, -0.2) is 17.2 Å². The highest BCUT2D eigenvalue weighted by molar-refractivity contribution is 7.92. The van der Waals surface area contributed by atoms with Crippen molar-refractivity contribution < 1.29 is 21.9 Å². The van der Waals surface area contributed by atoms with Gasteiger partial charge in [-0.05, 0) is 62.7 Å². The third-order valence-electron chi connectivity index (χ3n) is 4.92. The molecule has 0 spiro atoms. The van der Waals surface area contributed by atoms with Crippen molar-refractivity contribution in [2.75, 3.05) is 10.5 Å². The summed E-state index contributed by atoms with van der Waals surface area (Å²) in [6.07, 6.45) is 1.79. The van der Waals surface area contributed by atoms with Gasteiger partial charge in [-0.15, -0.1) is 10.2 Å². The van der Waals surface area contributed by atoms with Crippen LogP contribution >= 0.6 is 0 Å². The lowest BCUT2D eigenvalue weighted by molar-refractivity contribution is 0.439. The van der Waals surface area contributed by atoms with Crippen LogP contribution < -0.4 is 9.46 Å². The molecule has 0 fully saturated rings. The Kier molecular flexibility index (Phi) is 5.55. The average molecular weight is 458 g/mol. The number of benzene rings is 2. The standard InChI is InChI=1S/C22H20F2N4O3S/c1-4-32(29,30)27-17-6-8-20(31-21-7-5-16(23)10-19(21)24)18(11-17)15-9-13(2)22-26-25-14(3)28(22)12-15/h5-12,27H,4H2,1-3H3. The molecule has 0 saturated carbocycles. The van der Waals surface area contributed by atoms with Crippen LogP contribution in [0.2, 0.25) is 0 Å². The second-order valence-corrected chi connectivity index (χ2v) is 9.26. The zero-order chi connectivity index (χ0) is 23.0. The molecule has 2 aromatic heterocycles. The molecule has 2 heterocycles. The molecule has 4 aromatic rings. The first-order valence-corrected chi connectivity index (χ1v) is 11.4. The molecule has 0 amide bonds. The minimum absolute atomic E-state index is 0.0909. The second-order valence-electron chi connectivity index (χ2n) is 7.25. The number of nitrogens with zero attached hydrogens (tertiary/aromatic N) is 3. The van der Waals surface area contributed by atoms with Crippen molar-refractivity contribution in [2.45, 2.75) is 20.8 Å². The van der Waals surface area contributed by atoms with Crippen LogP contribution in [0.3, 0.4) is 0 Å². The molecule has 0 bridgehead atoms. The van der Waals surface area contributed by atoms with Crippen LogP contribution in [-0.4, -0.2) is 28.8 Å². The smallest absolute Gasteiger partial charge is 0.232 e. The Hall–Kier alpha value is -3.53. The summed E-state index contributed by atoms with van der Waals surface area (Å²) in [7, 11) is -3.51. The van der Waals surface area contributed by atoms with Gasteiger partial charge in [0.25, 0.3) is 0 Å². The largest absolute Gasteiger partial charge is 0.454 e. The number of sulfonamides is 1. The van der Waals surface area contributed by atoms with E-state index in [0.717, 1.165) is 17.7 Å². The zero-order valence-electron chi connectivity index (χ0n) is 17.6. The number of pyridine rings is 1. The van der Waals surface area contributed by atoms with Gasteiger partial charge < -0.3 is 4.74 Å². The number of nitrogens with one attached hydrogen (secondary N) is 1. The Balaban J connectivity index is 1.87. The molecule has 0 atom stereocenters. The van der Waals surface area contributed by atoms with Crippen LogP contribution in [0.1, 0.15) is 18.3 Å². The summed E-state index contributed by atoms with van der Waals surface area (Å²) in [6, 6.07) is 9.52. The lowest BCUT2D eigenvalue weighted by atomic mass is 10.0. The summed E-state index contributed by atoms with van der Waals surface area (Å²) >= 11 is 0. The van der Waals surface area contributed by atoms with E-state index in [4.69, 9.17) is 4.74 Å². The number of aryl methyl sites for hydroxylation is 2. The fourth-order valence-corrected chi connectivity index (χ4v) is 3.88. The van der Waals surface area contributed by atoms with E-state index < -0.39 is 21.7 Å². The van der Waals surface area contributed by atoms with Gasteiger partial charge in [0.05, 0.1) is 5.75 Å². The molecule has 0 aliphatic rings. The summed E-state index contributed by atoms with van der Waals surface area (Å²) < 4.78 is 61.7. The number of hydrogen-bond donors (Lipinski definition) is 1. The van der Waals surface area contributed by atoms with Crippen molar-refractivity contribution in [2.24, 2.45) is 0 Å². The third kappa shape index (κ3) is 4.26. The predicted molar refractivity (Wildman–Crippen MR) is 117 cm³/mol. The Labute approximate surface area is 183 Å². The van der Waals surface area contributed by atoms with E-state index in [1.807, 2.05) is 13.0 Å². The minimum Gasteiger partial charge on any atom is -0.454 e. The lowest BCUT2D eigenvalue weighted by Crippen LogP contribution is -2.14. The SMILES string of the molecule is CCS(=O)(=O)Nc1ccc(Oc2ccc(F)cc2F)c(-c2cc(C)c3nnc(C)n3c2)c1. The van der Waals surface area contributed by atoms with Crippen molar-refractivity contribution in [3.63, 3.8) is 0 Å². The van der Waals surface area contributed by atoms with E-state index in [1.54, 1.807) is 23.6 Å². The quantitative estimate of drug-likeness (QED) is 0.447. The predicted octanol–water partition coefficient (Wildman–Crippen LogP) is 4.85. The fourth-order valence-electron chi connectivity index (χ4n) is 3.25. The second kappa shape index (κ2) is 8.19. The number of rotatable bonds is 6. The zero-order valence-corrected chi connectivity index (χ0v) is 18.4. The summed E-state index contributed by atoms with van der Waals surface area (Å²) in [6.45, 7) is 5.21. The molecule has 0 saturated heterocycles. The fraction of sp³-hybridized carbons (Fsp3) is 0.182. The van der Waals surface area contributed by atoms with Crippen molar-refractivity contribution >= 4 is 21.4 Å². The molecule has 4 rings (SSSR count). The monoisotopic (exact) mass is 458 g/mol. The van der Waals surface area contributed by atoms with Crippen molar-refractivity contribution in [3.05, 3.63) is 71.7 Å². The van der Waals surface area contributed by atoms with Gasteiger partial charge in [-0.3, -0.25) is 9.12 Å². The Morgan fingerprint density at radius 1 is 1.03 bits per heavy atom. The van der Waals surface area contributed by atoms with E-state index in [0.29, 0.717) is 28.3 Å². The molecule has 2 aromatic carbocycles. The molecule has 10 heteroatoms. The van der Waals surface area contributed by atoms with Gasteiger partial charge in [-0.2, -0.15) is 0 Å². The highest BCUT2D eigenvalue weighted by Crippen LogP contribution is 2.37. The van der Waals surface area contributed by atoms with Crippen molar-refractivity contribution in [1.29, 1.82) is 0 Å². The average Bonchev–Trinajstić information content (AvgIpc) is 3.12. The van der Waals surface area contributed by atoms with Gasteiger partial charge in [0.2, 0.25) is 10.0 Å². The van der Waals surface area contributed by atoms with E-state index in [1.165, 1.54) is 25.1 Å². The number of halogens is 2. The summed E-state index contributed by atoms with van der Waals surface area (Å²) in [5.41, 5.74) is 3.02. The highest BCUT2D eigenvalue weighted by Gasteiger charge is 2.16. The van der Waals surface area contributed by atoms with Gasteiger partial charge >= 0.3 is 0 Å². The highest BCUT2D eigenvalue weighted by atomic mass is 32.2. The van der Waals surface area contributed by atoms with Crippen LogP contribution in [0.4, 0.5) is 14.5 Å². The first kappa shape index (κ1) is 21.7. The molecular formula is C22H20F2N4O3S. The number of fused-ring (bicyclic) bond motifs is 1. The molecule has 0 unspecified atom stereocenters. The van der Waals surface area contributed by atoms with Crippen LogP contribution in [0.25, 0.3) is 16.8 Å². The van der Waals surface area contributed by atoms with E-state index in [-0.39, 0.29) is 17.3 Å². The van der Waals surface area contributed by atoms with Gasteiger partial charge in [-0.1, -0.05) is 0 Å². The van der Waals surface area contributed by atoms with E-state index in [9.17, 15) is 17.2 Å². The third-order valence-corrected chi connectivity index (χ3v) is 6.22. The normalized spacial score (nSPS) is 11.7. The van der Waals surface area contributed by atoms with E-state index in [2.05, 4.69) is 14.9 Å². The van der Waals surface area contributed by atoms with Crippen molar-refractivity contribution in [3.8, 4) is 22.6 Å². The number of aromatic nitrogens is 3. The van der Waals surface area contributed by atoms with Gasteiger partial charge in [0.15, 0.2) is 17.2 Å². The Morgan fingerprint density at radius 2 is 1.78 bits per heavy atom. The molecular weight excluding hydrogens is 438 g/mol. The van der Waals surface area contributed by atoms with Gasteiger partial charge in [0, 0.05) is 29.1 Å². The van der Waals surface area contributed by atoms with Crippen LogP contribution in [0.5, 0.6) is 11.5 Å². The Morgan fingerprint density at radius 3 is 2.50 bits per heavy atom. The Bertz CT molecular complexity index is 1430. The molecule has 0 aliphatic heterocycles. The summed E-state index contributed by atoms with van der Waals surface area (Å²) in [5.74, 6) is -0.893. The van der Waals surface area contributed by atoms with Gasteiger partial charge in [0.1, 0.15) is 17.4 Å². The molecule has 32 heavy (non-hydrogen) atoms. The van der Waals surface area contributed by atoms with Crippen LogP contribution in [0.15, 0.2) is 48.7 Å². The lowest BCUT2D eigenvalue weighted by Gasteiger charge is -2.15. The van der Waals surface area contributed by atoms with Crippen LogP contribution in [-0.2, 0) is 10.0 Å². The molecule has 0 radical (unpaired) electrons. The molecule has 1 N–H and O–H groups in total. The van der Waals surface area contributed by atoms with Crippen LogP contribution in [0, 0.1) is 25.5 Å². The first-order chi connectivity index (χ1) is 15.2. The molecule has 7 nitrogen and oxygen atoms in total.